The van der Waals surface area contributed by atoms with Crippen LogP contribution in [0.4, 0.5) is 0 Å². The molecule has 0 heteroatoms. The lowest BCUT2D eigenvalue weighted by atomic mass is 9.67. The van der Waals surface area contributed by atoms with Gasteiger partial charge in [0.1, 0.15) is 0 Å². The van der Waals surface area contributed by atoms with Crippen molar-refractivity contribution < 1.29 is 0 Å². The molecule has 186 valence electrons. The predicted molar refractivity (Wildman–Crippen MR) is 141 cm³/mol. The molecule has 0 aromatic rings. The lowest BCUT2D eigenvalue weighted by molar-refractivity contribution is 0.121. The zero-order chi connectivity index (χ0) is 22.4. The van der Waals surface area contributed by atoms with E-state index in [1.165, 1.54) is 64.2 Å². The molecule has 0 amide bonds. The summed E-state index contributed by atoms with van der Waals surface area (Å²) in [5.41, 5.74) is 0.677. The Labute approximate surface area is 202 Å². The highest BCUT2D eigenvalue weighted by Crippen LogP contribution is 2.54. The Hall–Kier alpha value is 0. The van der Waals surface area contributed by atoms with E-state index in [1.807, 2.05) is 0 Å². The minimum absolute atomic E-state index is 0.677. The van der Waals surface area contributed by atoms with E-state index in [0.717, 1.165) is 41.4 Å². The first kappa shape index (κ1) is 25.1. The van der Waals surface area contributed by atoms with Crippen molar-refractivity contribution in [2.75, 3.05) is 0 Å². The second kappa shape index (κ2) is 12.1. The fourth-order valence-electron chi connectivity index (χ4n) is 9.24. The highest BCUT2D eigenvalue weighted by Gasteiger charge is 2.43. The Balaban J connectivity index is 1.32. The summed E-state index contributed by atoms with van der Waals surface area (Å²) in [4.78, 5) is 0. The SMILES string of the molecule is CC1CCCC(C2CCCCC(C3(C)CCC(CC4CCCCCC(C)C4)C3)C2)CCC1. The molecule has 0 aliphatic heterocycles. The highest BCUT2D eigenvalue weighted by atomic mass is 14.5. The molecule has 0 aromatic carbocycles. The van der Waals surface area contributed by atoms with Gasteiger partial charge in [-0.3, -0.25) is 0 Å². The van der Waals surface area contributed by atoms with E-state index < -0.39 is 0 Å². The molecule has 4 aliphatic carbocycles. The van der Waals surface area contributed by atoms with Crippen molar-refractivity contribution in [1.82, 2.24) is 0 Å². The van der Waals surface area contributed by atoms with Crippen LogP contribution >= 0.6 is 0 Å². The van der Waals surface area contributed by atoms with Crippen LogP contribution in [-0.4, -0.2) is 0 Å². The van der Waals surface area contributed by atoms with E-state index in [2.05, 4.69) is 20.8 Å². The first-order valence-electron chi connectivity index (χ1n) is 15.5. The molecular weight excluding hydrogens is 384 g/mol. The second-order valence-electron chi connectivity index (χ2n) is 14.0. The van der Waals surface area contributed by atoms with Crippen LogP contribution in [0.5, 0.6) is 0 Å². The van der Waals surface area contributed by atoms with Crippen LogP contribution in [0.2, 0.25) is 0 Å². The van der Waals surface area contributed by atoms with Gasteiger partial charge in [-0.2, -0.15) is 0 Å². The summed E-state index contributed by atoms with van der Waals surface area (Å²) in [6, 6.07) is 0. The summed E-state index contributed by atoms with van der Waals surface area (Å²) in [5, 5.41) is 0. The number of rotatable bonds is 4. The summed E-state index contributed by atoms with van der Waals surface area (Å²) >= 11 is 0. The van der Waals surface area contributed by atoms with E-state index >= 15 is 0 Å². The molecule has 0 heterocycles. The smallest absolute Gasteiger partial charge is 0.0295 e. The fourth-order valence-corrected chi connectivity index (χ4v) is 9.24. The number of hydrogen-bond donors (Lipinski definition) is 0. The van der Waals surface area contributed by atoms with Crippen molar-refractivity contribution in [2.24, 2.45) is 46.8 Å². The van der Waals surface area contributed by atoms with E-state index in [9.17, 15) is 0 Å². The fraction of sp³-hybridized carbons (Fsp3) is 1.00. The van der Waals surface area contributed by atoms with Gasteiger partial charge >= 0.3 is 0 Å². The van der Waals surface area contributed by atoms with Gasteiger partial charge in [0.25, 0.3) is 0 Å². The number of hydrogen-bond acceptors (Lipinski definition) is 0. The van der Waals surface area contributed by atoms with E-state index in [-0.39, 0.29) is 0 Å². The van der Waals surface area contributed by atoms with Crippen LogP contribution in [0.25, 0.3) is 0 Å². The van der Waals surface area contributed by atoms with Crippen molar-refractivity contribution in [3.8, 4) is 0 Å². The summed E-state index contributed by atoms with van der Waals surface area (Å²) < 4.78 is 0. The maximum absolute atomic E-state index is 2.75. The van der Waals surface area contributed by atoms with Crippen LogP contribution in [-0.2, 0) is 0 Å². The minimum atomic E-state index is 0.677. The van der Waals surface area contributed by atoms with Gasteiger partial charge < -0.3 is 0 Å². The van der Waals surface area contributed by atoms with Crippen molar-refractivity contribution in [1.29, 1.82) is 0 Å². The van der Waals surface area contributed by atoms with Gasteiger partial charge in [0.05, 0.1) is 0 Å². The lowest BCUT2D eigenvalue weighted by Gasteiger charge is -2.38. The third-order valence-electron chi connectivity index (χ3n) is 11.3. The molecular formula is C32H58. The molecule has 4 aliphatic rings. The third-order valence-corrected chi connectivity index (χ3v) is 11.3. The average molecular weight is 443 g/mol. The maximum atomic E-state index is 2.75. The molecule has 4 rings (SSSR count). The maximum Gasteiger partial charge on any atom is -0.0295 e. The molecule has 6 unspecified atom stereocenters. The molecule has 4 fully saturated rings. The van der Waals surface area contributed by atoms with E-state index in [0.29, 0.717) is 5.41 Å². The summed E-state index contributed by atoms with van der Waals surface area (Å²) in [6.45, 7) is 7.79. The summed E-state index contributed by atoms with van der Waals surface area (Å²) in [7, 11) is 0. The Morgan fingerprint density at radius 2 is 1.22 bits per heavy atom. The van der Waals surface area contributed by atoms with Crippen molar-refractivity contribution in [2.45, 2.75) is 156 Å². The normalized spacial score (nSPS) is 45.3. The van der Waals surface area contributed by atoms with Gasteiger partial charge in [0, 0.05) is 0 Å². The van der Waals surface area contributed by atoms with Crippen molar-refractivity contribution >= 4 is 0 Å². The van der Waals surface area contributed by atoms with Gasteiger partial charge in [-0.25, -0.2) is 0 Å². The van der Waals surface area contributed by atoms with Crippen LogP contribution in [0.1, 0.15) is 156 Å². The zero-order valence-corrected chi connectivity index (χ0v) is 22.4. The molecule has 0 nitrogen and oxygen atoms in total. The Morgan fingerprint density at radius 3 is 2.03 bits per heavy atom. The molecule has 6 atom stereocenters. The van der Waals surface area contributed by atoms with E-state index in [1.54, 1.807) is 70.6 Å². The zero-order valence-electron chi connectivity index (χ0n) is 22.4. The first-order valence-corrected chi connectivity index (χ1v) is 15.5. The highest BCUT2D eigenvalue weighted by molar-refractivity contribution is 4.94. The van der Waals surface area contributed by atoms with Gasteiger partial charge in [-0.1, -0.05) is 111 Å². The summed E-state index contributed by atoms with van der Waals surface area (Å²) in [6.07, 6.45) is 32.3. The quantitative estimate of drug-likeness (QED) is 0.380. The van der Waals surface area contributed by atoms with E-state index in [4.69, 9.17) is 0 Å². The predicted octanol–water partition coefficient (Wildman–Crippen LogP) is 10.6. The van der Waals surface area contributed by atoms with Crippen LogP contribution < -0.4 is 0 Å². The molecule has 0 N–H and O–H groups in total. The largest absolute Gasteiger partial charge is 0.0625 e. The van der Waals surface area contributed by atoms with Crippen molar-refractivity contribution in [3.05, 3.63) is 0 Å². The molecule has 32 heavy (non-hydrogen) atoms. The molecule has 0 saturated heterocycles. The third kappa shape index (κ3) is 7.01. The molecule has 0 bridgehead atoms. The molecule has 0 spiro atoms. The monoisotopic (exact) mass is 442 g/mol. The standard InChI is InChI=1S/C32H58/c1-25-12-9-16-29(17-10-13-25)30-15-7-8-18-31(23-30)32(3)20-19-28(24-32)22-27-14-6-4-5-11-26(2)21-27/h25-31H,4-24H2,1-3H3. The van der Waals surface area contributed by atoms with Gasteiger partial charge in [-0.05, 0) is 91.8 Å². The molecule has 0 radical (unpaired) electrons. The second-order valence-corrected chi connectivity index (χ2v) is 14.0. The van der Waals surface area contributed by atoms with Gasteiger partial charge in [0.2, 0.25) is 0 Å². The van der Waals surface area contributed by atoms with Crippen LogP contribution in [0, 0.1) is 46.8 Å². The van der Waals surface area contributed by atoms with Gasteiger partial charge in [0.15, 0.2) is 0 Å². The Kier molecular flexibility index (Phi) is 9.50. The lowest BCUT2D eigenvalue weighted by Crippen LogP contribution is -2.28. The topological polar surface area (TPSA) is 0 Å². The van der Waals surface area contributed by atoms with Crippen LogP contribution in [0.15, 0.2) is 0 Å². The van der Waals surface area contributed by atoms with Crippen LogP contribution in [0.3, 0.4) is 0 Å². The first-order chi connectivity index (χ1) is 15.5. The molecule has 4 saturated carbocycles. The van der Waals surface area contributed by atoms with Crippen molar-refractivity contribution in [3.63, 3.8) is 0 Å². The average Bonchev–Trinajstić information content (AvgIpc) is 2.95. The van der Waals surface area contributed by atoms with Gasteiger partial charge in [-0.15, -0.1) is 0 Å². The Bertz CT molecular complexity index is 526. The Morgan fingerprint density at radius 1 is 0.562 bits per heavy atom. The minimum Gasteiger partial charge on any atom is -0.0625 e. The molecule has 0 aromatic heterocycles. The summed E-state index contributed by atoms with van der Waals surface area (Å²) in [5.74, 6) is 7.27.